The van der Waals surface area contributed by atoms with Gasteiger partial charge in [-0.2, -0.15) is 8.42 Å². The number of rotatable bonds is 4. The monoisotopic (exact) mass is 251 g/mol. The lowest BCUT2D eigenvalue weighted by molar-refractivity contribution is -0.150. The molecule has 1 amide bonds. The molecule has 0 bridgehead atoms. The summed E-state index contributed by atoms with van der Waals surface area (Å²) in [4.78, 5) is 22.6. The number of ether oxygens (including phenoxy) is 1. The number of nitrogens with one attached hydrogen (secondary N) is 1. The Balaban J connectivity index is 2.81. The highest BCUT2D eigenvalue weighted by Crippen LogP contribution is 2.22. The molecule has 0 radical (unpaired) electrons. The molecule has 0 saturated carbocycles. The van der Waals surface area contributed by atoms with Crippen molar-refractivity contribution in [1.29, 1.82) is 0 Å². The number of methoxy groups -OCH3 is 1. The smallest absolute Gasteiger partial charge is 0.334 e. The molecular weight excluding hydrogens is 238 g/mol. The fourth-order valence-corrected chi connectivity index (χ4v) is 1.86. The third-order valence-electron chi connectivity index (χ3n) is 2.25. The third-order valence-corrected chi connectivity index (χ3v) is 2.80. The van der Waals surface area contributed by atoms with Gasteiger partial charge in [-0.25, -0.2) is 4.79 Å². The predicted molar refractivity (Wildman–Crippen MR) is 52.9 cm³/mol. The molecule has 0 aliphatic carbocycles. The average Bonchev–Trinajstić information content (AvgIpc) is 2.56. The Labute approximate surface area is 93.2 Å². The Morgan fingerprint density at radius 1 is 1.56 bits per heavy atom. The van der Waals surface area contributed by atoms with Gasteiger partial charge in [-0.15, -0.1) is 0 Å². The molecule has 1 atom stereocenters. The van der Waals surface area contributed by atoms with E-state index in [9.17, 15) is 18.0 Å². The lowest BCUT2D eigenvalue weighted by atomic mass is 9.99. The second kappa shape index (κ2) is 4.38. The Morgan fingerprint density at radius 3 is 2.56 bits per heavy atom. The Morgan fingerprint density at radius 2 is 2.19 bits per heavy atom. The molecule has 0 aromatic rings. The van der Waals surface area contributed by atoms with Crippen molar-refractivity contribution in [1.82, 2.24) is 5.32 Å². The molecule has 1 aliphatic rings. The van der Waals surface area contributed by atoms with Crippen LogP contribution in [-0.2, 0) is 28.6 Å². The standard InChI is InChI=1S/C8H13NO6S/c1-14-7(11)8(4-3-6(10)9-8)5-15-16(2,12)13/h3-5H2,1-2H3,(H,9,10)/t8-/m0/s1. The van der Waals surface area contributed by atoms with E-state index in [1.807, 2.05) is 0 Å². The Kier molecular flexibility index (Phi) is 3.54. The number of amides is 1. The molecule has 0 aromatic heterocycles. The number of carbonyl (C=O) groups excluding carboxylic acids is 2. The van der Waals surface area contributed by atoms with Gasteiger partial charge in [-0.3, -0.25) is 8.98 Å². The molecular formula is C8H13NO6S. The van der Waals surface area contributed by atoms with E-state index in [2.05, 4.69) is 14.2 Å². The van der Waals surface area contributed by atoms with Crippen LogP contribution in [0.4, 0.5) is 0 Å². The van der Waals surface area contributed by atoms with Crippen LogP contribution < -0.4 is 5.32 Å². The first kappa shape index (κ1) is 12.9. The molecule has 1 aliphatic heterocycles. The van der Waals surface area contributed by atoms with Crippen LogP contribution >= 0.6 is 0 Å². The molecule has 16 heavy (non-hydrogen) atoms. The van der Waals surface area contributed by atoms with Crippen molar-refractivity contribution in [2.24, 2.45) is 0 Å². The largest absolute Gasteiger partial charge is 0.467 e. The second-order valence-corrected chi connectivity index (χ2v) is 5.23. The summed E-state index contributed by atoms with van der Waals surface area (Å²) < 4.78 is 30.7. The van der Waals surface area contributed by atoms with Crippen molar-refractivity contribution in [3.8, 4) is 0 Å². The van der Waals surface area contributed by atoms with Crippen LogP contribution in [0.25, 0.3) is 0 Å². The van der Waals surface area contributed by atoms with E-state index in [0.29, 0.717) is 0 Å². The molecule has 1 heterocycles. The van der Waals surface area contributed by atoms with E-state index in [4.69, 9.17) is 0 Å². The summed E-state index contributed by atoms with van der Waals surface area (Å²) in [6.45, 7) is -0.440. The van der Waals surface area contributed by atoms with Gasteiger partial charge in [0.05, 0.1) is 13.4 Å². The normalized spacial score (nSPS) is 25.2. The second-order valence-electron chi connectivity index (χ2n) is 3.59. The minimum Gasteiger partial charge on any atom is -0.467 e. The van der Waals surface area contributed by atoms with E-state index in [1.165, 1.54) is 0 Å². The van der Waals surface area contributed by atoms with Crippen molar-refractivity contribution in [2.45, 2.75) is 18.4 Å². The number of hydrogen-bond acceptors (Lipinski definition) is 6. The molecule has 1 rings (SSSR count). The topological polar surface area (TPSA) is 98.8 Å². The van der Waals surface area contributed by atoms with Crippen LogP contribution in [0.5, 0.6) is 0 Å². The van der Waals surface area contributed by atoms with Crippen molar-refractivity contribution in [3.63, 3.8) is 0 Å². The van der Waals surface area contributed by atoms with Gasteiger partial charge in [-0.1, -0.05) is 0 Å². The van der Waals surface area contributed by atoms with Crippen molar-refractivity contribution < 1.29 is 26.9 Å². The first-order valence-electron chi connectivity index (χ1n) is 4.53. The summed E-state index contributed by atoms with van der Waals surface area (Å²) >= 11 is 0. The molecule has 0 spiro atoms. The summed E-state index contributed by atoms with van der Waals surface area (Å²) in [6, 6.07) is 0. The first-order valence-corrected chi connectivity index (χ1v) is 6.34. The zero-order valence-electron chi connectivity index (χ0n) is 8.98. The van der Waals surface area contributed by atoms with E-state index >= 15 is 0 Å². The molecule has 0 aromatic carbocycles. The summed E-state index contributed by atoms with van der Waals surface area (Å²) in [5.41, 5.74) is -1.38. The maximum Gasteiger partial charge on any atom is 0.334 e. The van der Waals surface area contributed by atoms with Crippen LogP contribution in [0.3, 0.4) is 0 Å². The quantitative estimate of drug-likeness (QED) is 0.497. The van der Waals surface area contributed by atoms with Crippen LogP contribution in [-0.4, -0.2) is 45.8 Å². The van der Waals surface area contributed by atoms with Gasteiger partial charge in [-0.05, 0) is 6.42 Å². The van der Waals surface area contributed by atoms with E-state index in [0.717, 1.165) is 13.4 Å². The average molecular weight is 251 g/mol. The maximum absolute atomic E-state index is 11.5. The van der Waals surface area contributed by atoms with E-state index in [1.54, 1.807) is 0 Å². The SMILES string of the molecule is COC(=O)[C@@]1(COS(C)(=O)=O)CCC(=O)N1. The highest BCUT2D eigenvalue weighted by molar-refractivity contribution is 7.85. The van der Waals surface area contributed by atoms with Gasteiger partial charge in [0, 0.05) is 6.42 Å². The molecule has 1 N–H and O–H groups in total. The number of esters is 1. The number of carbonyl (C=O) groups is 2. The molecule has 0 unspecified atom stereocenters. The van der Waals surface area contributed by atoms with Gasteiger partial charge in [0.2, 0.25) is 5.91 Å². The molecule has 8 heteroatoms. The number of hydrogen-bond donors (Lipinski definition) is 1. The predicted octanol–water partition coefficient (Wildman–Crippen LogP) is -1.22. The molecule has 7 nitrogen and oxygen atoms in total. The van der Waals surface area contributed by atoms with Crippen LogP contribution in [0.2, 0.25) is 0 Å². The van der Waals surface area contributed by atoms with Gasteiger partial charge in [0.1, 0.15) is 6.61 Å². The van der Waals surface area contributed by atoms with E-state index < -0.39 is 28.2 Å². The zero-order valence-corrected chi connectivity index (χ0v) is 9.80. The highest BCUT2D eigenvalue weighted by atomic mass is 32.2. The maximum atomic E-state index is 11.5. The highest BCUT2D eigenvalue weighted by Gasteiger charge is 2.46. The molecule has 1 fully saturated rings. The van der Waals surface area contributed by atoms with E-state index in [-0.39, 0.29) is 18.7 Å². The lowest BCUT2D eigenvalue weighted by Gasteiger charge is -2.24. The van der Waals surface area contributed by atoms with Crippen LogP contribution in [0.1, 0.15) is 12.8 Å². The van der Waals surface area contributed by atoms with Gasteiger partial charge < -0.3 is 10.1 Å². The van der Waals surface area contributed by atoms with Crippen molar-refractivity contribution in [2.75, 3.05) is 20.0 Å². The molecule has 1 saturated heterocycles. The van der Waals surface area contributed by atoms with Crippen molar-refractivity contribution >= 4 is 22.0 Å². The first-order chi connectivity index (χ1) is 7.29. The fourth-order valence-electron chi connectivity index (χ4n) is 1.44. The lowest BCUT2D eigenvalue weighted by Crippen LogP contribution is -2.53. The van der Waals surface area contributed by atoms with Gasteiger partial charge >= 0.3 is 5.97 Å². The fraction of sp³-hybridized carbons (Fsp3) is 0.750. The Bertz CT molecular complexity index is 403. The van der Waals surface area contributed by atoms with Crippen molar-refractivity contribution in [3.05, 3.63) is 0 Å². The molecule has 92 valence electrons. The summed E-state index contributed by atoms with van der Waals surface area (Å²) in [5.74, 6) is -1.04. The van der Waals surface area contributed by atoms with Gasteiger partial charge in [0.15, 0.2) is 5.54 Å². The van der Waals surface area contributed by atoms with Crippen LogP contribution in [0.15, 0.2) is 0 Å². The minimum absolute atomic E-state index is 0.141. The van der Waals surface area contributed by atoms with Crippen LogP contribution in [0, 0.1) is 0 Å². The summed E-state index contributed by atoms with van der Waals surface area (Å²) in [5, 5.41) is 2.39. The third kappa shape index (κ3) is 2.92. The summed E-state index contributed by atoms with van der Waals surface area (Å²) in [6.07, 6.45) is 1.17. The van der Waals surface area contributed by atoms with Gasteiger partial charge in [0.25, 0.3) is 10.1 Å². The summed E-state index contributed by atoms with van der Waals surface area (Å²) in [7, 11) is -2.51. The zero-order chi connectivity index (χ0) is 12.4. The minimum atomic E-state index is -3.67. The Hall–Kier alpha value is -1.15.